The third-order valence-corrected chi connectivity index (χ3v) is 4.17. The minimum absolute atomic E-state index is 0.106. The molecule has 1 amide bonds. The van der Waals surface area contributed by atoms with Gasteiger partial charge in [0, 0.05) is 12.8 Å². The van der Waals surface area contributed by atoms with E-state index in [-0.39, 0.29) is 5.91 Å². The van der Waals surface area contributed by atoms with Crippen LogP contribution in [0.2, 0.25) is 0 Å². The lowest BCUT2D eigenvalue weighted by atomic mass is 9.76. The highest BCUT2D eigenvalue weighted by atomic mass is 16.5. The van der Waals surface area contributed by atoms with Crippen molar-refractivity contribution in [3.63, 3.8) is 0 Å². The van der Waals surface area contributed by atoms with E-state index >= 15 is 0 Å². The second kappa shape index (κ2) is 6.72. The zero-order valence-electron chi connectivity index (χ0n) is 12.9. The largest absolute Gasteiger partial charge is 0.383 e. The Balaban J connectivity index is 2.19. The number of anilines is 1. The van der Waals surface area contributed by atoms with Crippen LogP contribution in [0.5, 0.6) is 0 Å². The number of benzene rings is 1. The highest BCUT2D eigenvalue weighted by Crippen LogP contribution is 2.42. The molecule has 114 valence electrons. The van der Waals surface area contributed by atoms with Gasteiger partial charge in [-0.15, -0.1) is 0 Å². The predicted octanol–water partition coefficient (Wildman–Crippen LogP) is 2.27. The Labute approximate surface area is 125 Å². The van der Waals surface area contributed by atoms with Gasteiger partial charge in [0.1, 0.15) is 0 Å². The molecule has 2 N–H and O–H groups in total. The van der Waals surface area contributed by atoms with Crippen LogP contribution in [0.4, 0.5) is 5.69 Å². The molecular formula is C16H23N3O2. The molecule has 0 aromatic heterocycles. The summed E-state index contributed by atoms with van der Waals surface area (Å²) in [6.45, 7) is 5.41. The maximum atomic E-state index is 12.3. The minimum atomic E-state index is -0.400. The standard InChI is InChI=1S/C16H23N3O2/c1-4-16(5-2)13-10-12(11-18-17-8-9-21-3)6-7-14(13)19-15(16)20/h6-7,10-11,17H,4-5,8-9H2,1-3H3,(H,19,20)/b18-11+. The first-order valence-electron chi connectivity index (χ1n) is 7.38. The average molecular weight is 289 g/mol. The second-order valence-corrected chi connectivity index (χ2v) is 5.21. The average Bonchev–Trinajstić information content (AvgIpc) is 2.78. The van der Waals surface area contributed by atoms with Gasteiger partial charge in [-0.3, -0.25) is 4.79 Å². The van der Waals surface area contributed by atoms with Gasteiger partial charge < -0.3 is 15.5 Å². The fourth-order valence-electron chi connectivity index (χ4n) is 2.80. The van der Waals surface area contributed by atoms with E-state index in [2.05, 4.69) is 35.8 Å². The van der Waals surface area contributed by atoms with Crippen molar-refractivity contribution >= 4 is 17.8 Å². The number of carbonyl (C=O) groups is 1. The monoisotopic (exact) mass is 289 g/mol. The van der Waals surface area contributed by atoms with E-state index in [1.165, 1.54) is 0 Å². The van der Waals surface area contributed by atoms with E-state index in [0.717, 1.165) is 29.7 Å². The summed E-state index contributed by atoms with van der Waals surface area (Å²) in [7, 11) is 1.66. The van der Waals surface area contributed by atoms with Crippen molar-refractivity contribution in [1.82, 2.24) is 5.43 Å². The second-order valence-electron chi connectivity index (χ2n) is 5.21. The first kappa shape index (κ1) is 15.5. The number of hydrogen-bond donors (Lipinski definition) is 2. The van der Waals surface area contributed by atoms with Gasteiger partial charge in [0.25, 0.3) is 0 Å². The number of ether oxygens (including phenoxy) is 1. The summed E-state index contributed by atoms with van der Waals surface area (Å²) in [5.41, 5.74) is 5.52. The number of hydrogen-bond acceptors (Lipinski definition) is 4. The number of amides is 1. The summed E-state index contributed by atoms with van der Waals surface area (Å²) < 4.78 is 4.94. The van der Waals surface area contributed by atoms with Gasteiger partial charge in [0.2, 0.25) is 5.91 Å². The molecule has 5 nitrogen and oxygen atoms in total. The van der Waals surface area contributed by atoms with E-state index in [1.807, 2.05) is 12.1 Å². The molecule has 21 heavy (non-hydrogen) atoms. The van der Waals surface area contributed by atoms with Crippen LogP contribution in [0.1, 0.15) is 37.8 Å². The van der Waals surface area contributed by atoms with Crippen molar-refractivity contribution < 1.29 is 9.53 Å². The van der Waals surface area contributed by atoms with E-state index in [9.17, 15) is 4.79 Å². The number of fused-ring (bicyclic) bond motifs is 1. The Morgan fingerprint density at radius 3 is 2.81 bits per heavy atom. The fourth-order valence-corrected chi connectivity index (χ4v) is 2.80. The molecule has 1 aliphatic rings. The molecule has 0 spiro atoms. The lowest BCUT2D eigenvalue weighted by molar-refractivity contribution is -0.121. The first-order valence-corrected chi connectivity index (χ1v) is 7.38. The van der Waals surface area contributed by atoms with Crippen LogP contribution >= 0.6 is 0 Å². The maximum Gasteiger partial charge on any atom is 0.235 e. The molecule has 1 heterocycles. The Morgan fingerprint density at radius 2 is 2.14 bits per heavy atom. The van der Waals surface area contributed by atoms with E-state index in [4.69, 9.17) is 4.74 Å². The Bertz CT molecular complexity index is 536. The molecular weight excluding hydrogens is 266 g/mol. The van der Waals surface area contributed by atoms with Gasteiger partial charge in [0.15, 0.2) is 0 Å². The Morgan fingerprint density at radius 1 is 1.38 bits per heavy atom. The summed E-state index contributed by atoms with van der Waals surface area (Å²) >= 11 is 0. The molecule has 1 aliphatic heterocycles. The minimum Gasteiger partial charge on any atom is -0.383 e. The SMILES string of the molecule is CCC1(CC)C(=O)Nc2ccc(/C=N/NCCOC)cc21. The molecule has 0 bridgehead atoms. The van der Waals surface area contributed by atoms with Crippen LogP contribution in [0.3, 0.4) is 0 Å². The van der Waals surface area contributed by atoms with Crippen molar-refractivity contribution in [2.45, 2.75) is 32.1 Å². The first-order chi connectivity index (χ1) is 10.2. The van der Waals surface area contributed by atoms with Crippen LogP contribution in [0.25, 0.3) is 0 Å². The summed E-state index contributed by atoms with van der Waals surface area (Å²) in [5, 5.41) is 7.15. The maximum absolute atomic E-state index is 12.3. The zero-order chi connectivity index (χ0) is 15.3. The van der Waals surface area contributed by atoms with Crippen molar-refractivity contribution in [2.75, 3.05) is 25.6 Å². The van der Waals surface area contributed by atoms with Gasteiger partial charge in [-0.2, -0.15) is 5.10 Å². The lowest BCUT2D eigenvalue weighted by Gasteiger charge is -2.24. The van der Waals surface area contributed by atoms with Crippen molar-refractivity contribution in [1.29, 1.82) is 0 Å². The van der Waals surface area contributed by atoms with Crippen LogP contribution in [-0.4, -0.2) is 32.4 Å². The Hall–Kier alpha value is -1.88. The fraction of sp³-hybridized carbons (Fsp3) is 0.500. The summed E-state index contributed by atoms with van der Waals surface area (Å²) in [6, 6.07) is 5.97. The van der Waals surface area contributed by atoms with Crippen molar-refractivity contribution in [3.8, 4) is 0 Å². The molecule has 2 rings (SSSR count). The highest BCUT2D eigenvalue weighted by Gasteiger charge is 2.43. The van der Waals surface area contributed by atoms with Crippen molar-refractivity contribution in [2.24, 2.45) is 5.10 Å². The summed E-state index contributed by atoms with van der Waals surface area (Å²) in [4.78, 5) is 12.3. The molecule has 0 aliphatic carbocycles. The van der Waals surface area contributed by atoms with Gasteiger partial charge in [-0.25, -0.2) is 0 Å². The van der Waals surface area contributed by atoms with Crippen LogP contribution < -0.4 is 10.7 Å². The quantitative estimate of drug-likeness (QED) is 0.460. The molecule has 0 fully saturated rings. The molecule has 0 saturated heterocycles. The number of nitrogens with zero attached hydrogens (tertiary/aromatic N) is 1. The van der Waals surface area contributed by atoms with Crippen molar-refractivity contribution in [3.05, 3.63) is 29.3 Å². The molecule has 0 saturated carbocycles. The smallest absolute Gasteiger partial charge is 0.235 e. The van der Waals surface area contributed by atoms with Gasteiger partial charge in [-0.1, -0.05) is 19.9 Å². The zero-order valence-corrected chi connectivity index (χ0v) is 12.9. The molecule has 5 heteroatoms. The molecule has 0 unspecified atom stereocenters. The third-order valence-electron chi connectivity index (χ3n) is 4.17. The normalized spacial score (nSPS) is 16.0. The van der Waals surface area contributed by atoms with Crippen LogP contribution in [0, 0.1) is 0 Å². The summed E-state index contributed by atoms with van der Waals surface area (Å²) in [6.07, 6.45) is 3.37. The van der Waals surface area contributed by atoms with E-state index in [0.29, 0.717) is 13.2 Å². The molecule has 0 atom stereocenters. The highest BCUT2D eigenvalue weighted by molar-refractivity contribution is 6.06. The van der Waals surface area contributed by atoms with E-state index in [1.54, 1.807) is 13.3 Å². The lowest BCUT2D eigenvalue weighted by Crippen LogP contribution is -2.32. The van der Waals surface area contributed by atoms with Gasteiger partial charge in [-0.05, 0) is 36.1 Å². The van der Waals surface area contributed by atoms with Crippen LogP contribution in [-0.2, 0) is 14.9 Å². The molecule has 1 aromatic carbocycles. The topological polar surface area (TPSA) is 62.7 Å². The van der Waals surface area contributed by atoms with E-state index < -0.39 is 5.41 Å². The van der Waals surface area contributed by atoms with Crippen LogP contribution in [0.15, 0.2) is 23.3 Å². The summed E-state index contributed by atoms with van der Waals surface area (Å²) in [5.74, 6) is 0.106. The van der Waals surface area contributed by atoms with Gasteiger partial charge in [0.05, 0.1) is 24.8 Å². The number of hydrazone groups is 1. The number of methoxy groups -OCH3 is 1. The van der Waals surface area contributed by atoms with Gasteiger partial charge >= 0.3 is 0 Å². The Kier molecular flexibility index (Phi) is 4.96. The number of carbonyl (C=O) groups excluding carboxylic acids is 1. The molecule has 0 radical (unpaired) electrons. The predicted molar refractivity (Wildman–Crippen MR) is 84.8 cm³/mol. The molecule has 1 aromatic rings. The third kappa shape index (κ3) is 2.93. The number of rotatable bonds is 7. The number of nitrogens with one attached hydrogen (secondary N) is 2.